The van der Waals surface area contributed by atoms with Gasteiger partial charge in [0.2, 0.25) is 5.78 Å². The summed E-state index contributed by atoms with van der Waals surface area (Å²) in [4.78, 5) is 21.5. The van der Waals surface area contributed by atoms with Crippen LogP contribution in [0.25, 0.3) is 6.08 Å². The number of carbonyl (C=O) groups is 1. The predicted molar refractivity (Wildman–Crippen MR) is 62.8 cm³/mol. The van der Waals surface area contributed by atoms with Gasteiger partial charge in [0.25, 0.3) is 5.69 Å². The predicted octanol–water partition coefficient (Wildman–Crippen LogP) is 1.61. The number of H-pyrrole nitrogens is 1. The lowest BCUT2D eigenvalue weighted by atomic mass is 10.1. The second kappa shape index (κ2) is 5.00. The Morgan fingerprint density at radius 1 is 1.33 bits per heavy atom. The lowest BCUT2D eigenvalue weighted by Gasteiger charge is -1.93. The Balaban J connectivity index is 2.09. The third-order valence-electron chi connectivity index (χ3n) is 2.20. The second-order valence-corrected chi connectivity index (χ2v) is 3.40. The molecule has 2 rings (SSSR count). The van der Waals surface area contributed by atoms with E-state index in [1.165, 1.54) is 24.4 Å². The molecule has 0 aliphatic rings. The number of rotatable bonds is 4. The van der Waals surface area contributed by atoms with Crippen LogP contribution < -0.4 is 0 Å². The molecule has 0 radical (unpaired) electrons. The molecule has 1 aromatic heterocycles. The fourth-order valence-corrected chi connectivity index (χ4v) is 1.28. The molecule has 2 aromatic rings. The van der Waals surface area contributed by atoms with Crippen molar-refractivity contribution in [1.29, 1.82) is 0 Å². The Kier molecular flexibility index (Phi) is 3.24. The van der Waals surface area contributed by atoms with Gasteiger partial charge in [0.05, 0.1) is 11.1 Å². The van der Waals surface area contributed by atoms with Crippen LogP contribution in [0.5, 0.6) is 0 Å². The summed E-state index contributed by atoms with van der Waals surface area (Å²) in [6.45, 7) is 0. The molecule has 0 unspecified atom stereocenters. The van der Waals surface area contributed by atoms with Crippen molar-refractivity contribution in [3.8, 4) is 0 Å². The van der Waals surface area contributed by atoms with E-state index in [0.717, 1.165) is 0 Å². The van der Waals surface area contributed by atoms with Crippen LogP contribution in [-0.4, -0.2) is 26.1 Å². The molecule has 0 aliphatic carbocycles. The molecule has 0 saturated heterocycles. The minimum absolute atomic E-state index is 0.00924. The smallest absolute Gasteiger partial charge is 0.269 e. The largest absolute Gasteiger partial charge is 0.287 e. The summed E-state index contributed by atoms with van der Waals surface area (Å²) >= 11 is 0. The van der Waals surface area contributed by atoms with Crippen molar-refractivity contribution in [2.75, 3.05) is 0 Å². The lowest BCUT2D eigenvalue weighted by molar-refractivity contribution is -0.384. The van der Waals surface area contributed by atoms with Crippen molar-refractivity contribution >= 4 is 17.5 Å². The number of hydrogen-bond donors (Lipinski definition) is 1. The SMILES string of the molecule is O=C(C=Cc1ccc([N+](=O)[O-])cc1)c1cn[nH]n1. The van der Waals surface area contributed by atoms with Gasteiger partial charge in [-0.05, 0) is 23.8 Å². The standard InChI is InChI=1S/C11H8N4O3/c16-11(10-7-12-14-13-10)6-3-8-1-4-9(5-2-8)15(17)18/h1-7H,(H,12,13,14). The van der Waals surface area contributed by atoms with E-state index in [1.54, 1.807) is 18.2 Å². The maximum Gasteiger partial charge on any atom is 0.269 e. The fraction of sp³-hybridized carbons (Fsp3) is 0. The molecule has 0 aliphatic heterocycles. The minimum atomic E-state index is -0.478. The van der Waals surface area contributed by atoms with E-state index >= 15 is 0 Å². The van der Waals surface area contributed by atoms with Crippen LogP contribution in [0.2, 0.25) is 0 Å². The molecular weight excluding hydrogens is 236 g/mol. The van der Waals surface area contributed by atoms with Gasteiger partial charge >= 0.3 is 0 Å². The fourth-order valence-electron chi connectivity index (χ4n) is 1.28. The van der Waals surface area contributed by atoms with Crippen molar-refractivity contribution in [3.63, 3.8) is 0 Å². The maximum absolute atomic E-state index is 11.5. The normalized spacial score (nSPS) is 10.7. The molecule has 0 fully saturated rings. The molecule has 1 aromatic carbocycles. The number of hydrogen-bond acceptors (Lipinski definition) is 5. The number of nitrogens with one attached hydrogen (secondary N) is 1. The van der Waals surface area contributed by atoms with E-state index in [-0.39, 0.29) is 17.2 Å². The third kappa shape index (κ3) is 2.64. The van der Waals surface area contributed by atoms with Crippen LogP contribution in [0.15, 0.2) is 36.5 Å². The average Bonchev–Trinajstić information content (AvgIpc) is 2.90. The Labute approximate surface area is 101 Å². The molecule has 1 N–H and O–H groups in total. The van der Waals surface area contributed by atoms with Crippen molar-refractivity contribution in [3.05, 3.63) is 57.9 Å². The number of aromatic amines is 1. The van der Waals surface area contributed by atoms with E-state index in [2.05, 4.69) is 15.4 Å². The first-order valence-corrected chi connectivity index (χ1v) is 4.99. The summed E-state index contributed by atoms with van der Waals surface area (Å²) in [5.74, 6) is -0.290. The van der Waals surface area contributed by atoms with E-state index in [9.17, 15) is 14.9 Å². The molecule has 7 heteroatoms. The summed E-state index contributed by atoms with van der Waals surface area (Å²) in [6.07, 6.45) is 4.21. The Hall–Kier alpha value is -2.83. The van der Waals surface area contributed by atoms with Gasteiger partial charge in [-0.15, -0.1) is 0 Å². The van der Waals surface area contributed by atoms with Gasteiger partial charge in [-0.3, -0.25) is 14.9 Å². The highest BCUT2D eigenvalue weighted by atomic mass is 16.6. The number of nitro groups is 1. The molecule has 0 bridgehead atoms. The summed E-state index contributed by atoms with van der Waals surface area (Å²) < 4.78 is 0. The van der Waals surface area contributed by atoms with Crippen LogP contribution in [0.3, 0.4) is 0 Å². The summed E-state index contributed by atoms with van der Waals surface area (Å²) in [6, 6.07) is 5.87. The van der Waals surface area contributed by atoms with Crippen LogP contribution >= 0.6 is 0 Å². The first-order chi connectivity index (χ1) is 8.66. The van der Waals surface area contributed by atoms with Crippen LogP contribution in [0, 0.1) is 10.1 Å². The van der Waals surface area contributed by atoms with E-state index in [1.807, 2.05) is 0 Å². The Morgan fingerprint density at radius 3 is 2.61 bits per heavy atom. The lowest BCUT2D eigenvalue weighted by Crippen LogP contribution is -1.94. The molecule has 18 heavy (non-hydrogen) atoms. The van der Waals surface area contributed by atoms with E-state index < -0.39 is 4.92 Å². The van der Waals surface area contributed by atoms with Crippen molar-refractivity contribution in [1.82, 2.24) is 15.4 Å². The van der Waals surface area contributed by atoms with Crippen molar-refractivity contribution in [2.45, 2.75) is 0 Å². The zero-order valence-corrected chi connectivity index (χ0v) is 9.11. The van der Waals surface area contributed by atoms with Gasteiger partial charge in [0, 0.05) is 12.1 Å². The van der Waals surface area contributed by atoms with Gasteiger partial charge in [-0.1, -0.05) is 6.08 Å². The van der Waals surface area contributed by atoms with E-state index in [4.69, 9.17) is 0 Å². The highest BCUT2D eigenvalue weighted by molar-refractivity contribution is 6.05. The topological polar surface area (TPSA) is 102 Å². The van der Waals surface area contributed by atoms with Crippen LogP contribution in [0.1, 0.15) is 16.1 Å². The number of nitrogens with zero attached hydrogens (tertiary/aromatic N) is 3. The highest BCUT2D eigenvalue weighted by Gasteiger charge is 2.05. The monoisotopic (exact) mass is 244 g/mol. The molecule has 0 spiro atoms. The van der Waals surface area contributed by atoms with Crippen molar-refractivity contribution < 1.29 is 9.72 Å². The molecule has 0 saturated carbocycles. The summed E-state index contributed by atoms with van der Waals surface area (Å²) in [5, 5.41) is 20.0. The molecule has 0 atom stereocenters. The zero-order valence-electron chi connectivity index (χ0n) is 9.11. The Bertz CT molecular complexity index is 587. The van der Waals surface area contributed by atoms with Gasteiger partial charge in [-0.25, -0.2) is 0 Å². The molecular formula is C11H8N4O3. The Morgan fingerprint density at radius 2 is 2.06 bits per heavy atom. The first-order valence-electron chi connectivity index (χ1n) is 4.99. The number of allylic oxidation sites excluding steroid dienone is 1. The molecule has 1 heterocycles. The molecule has 90 valence electrons. The zero-order chi connectivity index (χ0) is 13.0. The number of ketones is 1. The van der Waals surface area contributed by atoms with Crippen LogP contribution in [-0.2, 0) is 0 Å². The third-order valence-corrected chi connectivity index (χ3v) is 2.20. The maximum atomic E-state index is 11.5. The average molecular weight is 244 g/mol. The number of carbonyl (C=O) groups excluding carboxylic acids is 1. The number of non-ortho nitro benzene ring substituents is 1. The highest BCUT2D eigenvalue weighted by Crippen LogP contribution is 2.13. The number of nitro benzene ring substituents is 1. The first kappa shape index (κ1) is 11.6. The minimum Gasteiger partial charge on any atom is -0.287 e. The van der Waals surface area contributed by atoms with Gasteiger partial charge in [0.15, 0.2) is 5.69 Å². The molecule has 0 amide bonds. The van der Waals surface area contributed by atoms with E-state index in [0.29, 0.717) is 5.56 Å². The second-order valence-electron chi connectivity index (χ2n) is 3.40. The van der Waals surface area contributed by atoms with Crippen LogP contribution in [0.4, 0.5) is 5.69 Å². The number of benzene rings is 1. The van der Waals surface area contributed by atoms with Gasteiger partial charge in [0.1, 0.15) is 0 Å². The van der Waals surface area contributed by atoms with Gasteiger partial charge in [-0.2, -0.15) is 15.4 Å². The molecule has 7 nitrogen and oxygen atoms in total. The quantitative estimate of drug-likeness (QED) is 0.381. The summed E-state index contributed by atoms with van der Waals surface area (Å²) in [5.41, 5.74) is 0.917. The number of aromatic nitrogens is 3. The van der Waals surface area contributed by atoms with Gasteiger partial charge < -0.3 is 0 Å². The van der Waals surface area contributed by atoms with Crippen molar-refractivity contribution in [2.24, 2.45) is 0 Å². The summed E-state index contributed by atoms with van der Waals surface area (Å²) in [7, 11) is 0.